The van der Waals surface area contributed by atoms with E-state index in [1.165, 1.54) is 0 Å². The molecule has 1 aromatic heterocycles. The Morgan fingerprint density at radius 3 is 2.42 bits per heavy atom. The van der Waals surface area contributed by atoms with Crippen LogP contribution in [0.1, 0.15) is 27.0 Å². The fourth-order valence-corrected chi connectivity index (χ4v) is 3.17. The minimum Gasteiger partial charge on any atom is -0.508 e. The molecule has 0 aliphatic rings. The van der Waals surface area contributed by atoms with Crippen LogP contribution in [-0.2, 0) is 6.18 Å². The normalized spacial score (nSPS) is 11.0. The minimum absolute atomic E-state index is 0.259. The highest BCUT2D eigenvalue weighted by molar-refractivity contribution is 5.94. The van der Waals surface area contributed by atoms with Gasteiger partial charge >= 0.3 is 6.18 Å². The monoisotopic (exact) mass is 449 g/mol. The zero-order chi connectivity index (χ0) is 23.6. The Morgan fingerprint density at radius 2 is 1.73 bits per heavy atom. The van der Waals surface area contributed by atoms with Crippen LogP contribution >= 0.6 is 0 Å². The second-order valence-electron chi connectivity index (χ2n) is 6.92. The van der Waals surface area contributed by atoms with Gasteiger partial charge in [-0.15, -0.1) is 10.2 Å². The van der Waals surface area contributed by atoms with E-state index in [0.29, 0.717) is 34.1 Å². The second kappa shape index (κ2) is 8.47. The van der Waals surface area contributed by atoms with Crippen molar-refractivity contribution in [3.63, 3.8) is 0 Å². The van der Waals surface area contributed by atoms with Gasteiger partial charge in [0.25, 0.3) is 0 Å². The summed E-state index contributed by atoms with van der Waals surface area (Å²) in [5.74, 6) is 4.48. The fraction of sp³-hybridized carbons (Fsp3) is 0.0435. The number of benzene rings is 3. The summed E-state index contributed by atoms with van der Waals surface area (Å²) in [6, 6.07) is 14.3. The molecule has 10 heteroatoms. The van der Waals surface area contributed by atoms with Crippen molar-refractivity contribution >= 4 is 5.91 Å². The van der Waals surface area contributed by atoms with Gasteiger partial charge in [0.15, 0.2) is 0 Å². The molecule has 4 N–H and O–H groups in total. The number of nitrogens with one attached hydrogen (secondary N) is 1. The third-order valence-corrected chi connectivity index (χ3v) is 4.72. The van der Waals surface area contributed by atoms with Crippen LogP contribution in [0.4, 0.5) is 13.2 Å². The van der Waals surface area contributed by atoms with Crippen LogP contribution in [-0.4, -0.2) is 31.6 Å². The number of phenols is 1. The number of primary amides is 1. The molecule has 7 nitrogen and oxygen atoms in total. The number of hydrogen-bond acceptors (Lipinski definition) is 5. The first kappa shape index (κ1) is 21.6. The van der Waals surface area contributed by atoms with Crippen molar-refractivity contribution < 1.29 is 23.1 Å². The van der Waals surface area contributed by atoms with E-state index in [1.807, 2.05) is 0 Å². The van der Waals surface area contributed by atoms with E-state index in [9.17, 15) is 23.1 Å². The number of nitrogens with two attached hydrogens (primary N) is 1. The van der Waals surface area contributed by atoms with Crippen LogP contribution in [0.3, 0.4) is 0 Å². The topological polar surface area (TPSA) is 118 Å². The summed E-state index contributed by atoms with van der Waals surface area (Å²) in [7, 11) is 0. The number of carbonyl (C=O) groups is 1. The summed E-state index contributed by atoms with van der Waals surface area (Å²) in [5.41, 5.74) is 6.38. The molecule has 0 radical (unpaired) electrons. The average Bonchev–Trinajstić information content (AvgIpc) is 3.32. The SMILES string of the molecule is NC(=O)c1cccc(-c2cc(-c3nn[nH]n3)ccc2C#Cc2ccc(O)cc2C(F)(F)F)c1. The molecule has 0 unspecified atom stereocenters. The van der Waals surface area contributed by atoms with Gasteiger partial charge in [-0.25, -0.2) is 0 Å². The van der Waals surface area contributed by atoms with Crippen LogP contribution in [0.25, 0.3) is 22.5 Å². The van der Waals surface area contributed by atoms with Gasteiger partial charge in [-0.3, -0.25) is 4.79 Å². The van der Waals surface area contributed by atoms with Gasteiger partial charge in [0.1, 0.15) is 5.75 Å². The van der Waals surface area contributed by atoms with Crippen LogP contribution in [0.5, 0.6) is 5.75 Å². The van der Waals surface area contributed by atoms with E-state index in [0.717, 1.165) is 12.1 Å². The lowest BCUT2D eigenvalue weighted by atomic mass is 9.95. The number of H-pyrrole nitrogens is 1. The van der Waals surface area contributed by atoms with E-state index < -0.39 is 23.4 Å². The van der Waals surface area contributed by atoms with Crippen molar-refractivity contribution in [2.75, 3.05) is 0 Å². The first-order valence-electron chi connectivity index (χ1n) is 9.43. The van der Waals surface area contributed by atoms with Crippen molar-refractivity contribution in [1.82, 2.24) is 20.6 Å². The van der Waals surface area contributed by atoms with Gasteiger partial charge in [-0.1, -0.05) is 24.0 Å². The van der Waals surface area contributed by atoms with E-state index in [-0.39, 0.29) is 11.1 Å². The third-order valence-electron chi connectivity index (χ3n) is 4.72. The number of aromatic hydroxyl groups is 1. The number of aromatic nitrogens is 4. The molecule has 3 aromatic carbocycles. The number of halogens is 3. The Hall–Kier alpha value is -4.65. The number of carbonyl (C=O) groups excluding carboxylic acids is 1. The maximum atomic E-state index is 13.4. The molecule has 0 spiro atoms. The molecule has 0 aliphatic carbocycles. The van der Waals surface area contributed by atoms with Crippen LogP contribution in [0.2, 0.25) is 0 Å². The van der Waals surface area contributed by atoms with Crippen LogP contribution in [0, 0.1) is 11.8 Å². The standard InChI is InChI=1S/C23H14F3N5O2/c24-23(25,26)20-12-18(32)9-8-14(20)6-4-13-5-7-17(22-28-30-31-29-22)11-19(13)15-2-1-3-16(10-15)21(27)33/h1-3,5,7-12,32H,(H2,27,33)(H,28,29,30,31). The van der Waals surface area contributed by atoms with Gasteiger partial charge in [0, 0.05) is 22.3 Å². The fourth-order valence-electron chi connectivity index (χ4n) is 3.17. The predicted molar refractivity (Wildman–Crippen MR) is 113 cm³/mol. The van der Waals surface area contributed by atoms with Gasteiger partial charge in [0.05, 0.1) is 5.56 Å². The minimum atomic E-state index is -4.69. The maximum Gasteiger partial charge on any atom is 0.417 e. The first-order chi connectivity index (χ1) is 15.7. The highest BCUT2D eigenvalue weighted by Gasteiger charge is 2.33. The van der Waals surface area contributed by atoms with Gasteiger partial charge in [0.2, 0.25) is 11.7 Å². The number of amides is 1. The smallest absolute Gasteiger partial charge is 0.417 e. The number of nitrogens with zero attached hydrogens (tertiary/aromatic N) is 3. The Labute approximate surface area is 185 Å². The maximum absolute atomic E-state index is 13.4. The van der Waals surface area contributed by atoms with Gasteiger partial charge in [-0.2, -0.15) is 18.4 Å². The summed E-state index contributed by atoms with van der Waals surface area (Å²) >= 11 is 0. The molecule has 1 heterocycles. The molecule has 0 aliphatic heterocycles. The number of phenolic OH excluding ortho intramolecular Hbond substituents is 1. The van der Waals surface area contributed by atoms with Gasteiger partial charge < -0.3 is 10.8 Å². The highest BCUT2D eigenvalue weighted by Crippen LogP contribution is 2.34. The van der Waals surface area contributed by atoms with Crippen molar-refractivity contribution in [3.8, 4) is 40.1 Å². The summed E-state index contributed by atoms with van der Waals surface area (Å²) in [4.78, 5) is 11.6. The zero-order valence-electron chi connectivity index (χ0n) is 16.7. The number of rotatable bonds is 3. The lowest BCUT2D eigenvalue weighted by Gasteiger charge is -2.10. The molecule has 1 amide bonds. The largest absolute Gasteiger partial charge is 0.508 e. The molecule has 0 bridgehead atoms. The van der Waals surface area contributed by atoms with Crippen molar-refractivity contribution in [2.24, 2.45) is 5.73 Å². The van der Waals surface area contributed by atoms with Crippen molar-refractivity contribution in [3.05, 3.63) is 82.9 Å². The van der Waals surface area contributed by atoms with Crippen molar-refractivity contribution in [1.29, 1.82) is 0 Å². The van der Waals surface area contributed by atoms with Crippen molar-refractivity contribution in [2.45, 2.75) is 6.18 Å². The summed E-state index contributed by atoms with van der Waals surface area (Å²) in [6.45, 7) is 0. The number of tetrazole rings is 1. The van der Waals surface area contributed by atoms with E-state index in [4.69, 9.17) is 5.73 Å². The Bertz CT molecular complexity index is 1400. The summed E-state index contributed by atoms with van der Waals surface area (Å²) in [6.07, 6.45) is -4.69. The Morgan fingerprint density at radius 1 is 0.970 bits per heavy atom. The predicted octanol–water partition coefficient (Wildman–Crippen LogP) is 3.76. The molecule has 164 valence electrons. The van der Waals surface area contributed by atoms with E-state index in [1.54, 1.807) is 42.5 Å². The molecule has 33 heavy (non-hydrogen) atoms. The highest BCUT2D eigenvalue weighted by atomic mass is 19.4. The number of hydrogen-bond donors (Lipinski definition) is 3. The quantitative estimate of drug-likeness (QED) is 0.412. The molecular weight excluding hydrogens is 435 g/mol. The Kier molecular flexibility index (Phi) is 5.54. The van der Waals surface area contributed by atoms with E-state index in [2.05, 4.69) is 32.5 Å². The van der Waals surface area contributed by atoms with Crippen LogP contribution < -0.4 is 5.73 Å². The molecular formula is C23H14F3N5O2. The summed E-state index contributed by atoms with van der Waals surface area (Å²) in [5, 5.41) is 23.2. The lowest BCUT2D eigenvalue weighted by Crippen LogP contribution is -2.10. The summed E-state index contributed by atoms with van der Waals surface area (Å²) < 4.78 is 40.1. The Balaban J connectivity index is 1.87. The average molecular weight is 449 g/mol. The number of alkyl halides is 3. The molecule has 4 aromatic rings. The molecule has 0 atom stereocenters. The second-order valence-corrected chi connectivity index (χ2v) is 6.92. The number of aromatic amines is 1. The molecule has 0 saturated heterocycles. The lowest BCUT2D eigenvalue weighted by molar-refractivity contribution is -0.137. The zero-order valence-corrected chi connectivity index (χ0v) is 16.7. The van der Waals surface area contributed by atoms with Gasteiger partial charge in [-0.05, 0) is 64.9 Å². The first-order valence-corrected chi connectivity index (χ1v) is 9.43. The van der Waals surface area contributed by atoms with Crippen LogP contribution in [0.15, 0.2) is 60.7 Å². The molecule has 0 fully saturated rings. The van der Waals surface area contributed by atoms with E-state index >= 15 is 0 Å². The third kappa shape index (κ3) is 4.67. The molecule has 4 rings (SSSR count). The molecule has 0 saturated carbocycles.